The molecule has 72 valence electrons. The number of nitrogens with zero attached hydrogens (tertiary/aromatic N) is 1. The Hall–Kier alpha value is -1.64. The number of benzene rings is 1. The van der Waals surface area contributed by atoms with Gasteiger partial charge in [0.25, 0.3) is 0 Å². The van der Waals surface area contributed by atoms with E-state index in [9.17, 15) is 4.39 Å². The van der Waals surface area contributed by atoms with E-state index in [0.29, 0.717) is 17.0 Å². The van der Waals surface area contributed by atoms with Crippen molar-refractivity contribution in [1.29, 1.82) is 0 Å². The predicted molar refractivity (Wildman–Crippen MR) is 53.3 cm³/mol. The lowest BCUT2D eigenvalue weighted by Gasteiger charge is -1.85. The molecule has 0 aliphatic heterocycles. The molecular formula is C11H10FNO. The van der Waals surface area contributed by atoms with Crippen LogP contribution in [0.3, 0.4) is 0 Å². The highest BCUT2D eigenvalue weighted by atomic mass is 19.1. The van der Waals surface area contributed by atoms with Gasteiger partial charge in [0, 0.05) is 0 Å². The molecule has 0 saturated carbocycles. The fourth-order valence-corrected chi connectivity index (χ4v) is 1.22. The lowest BCUT2D eigenvalue weighted by molar-refractivity contribution is 0.588. The van der Waals surface area contributed by atoms with E-state index < -0.39 is 0 Å². The number of hydrogen-bond acceptors (Lipinski definition) is 2. The molecule has 2 aromatic rings. The van der Waals surface area contributed by atoms with Crippen LogP contribution in [-0.2, 0) is 0 Å². The first-order chi connectivity index (χ1) is 6.81. The average molecular weight is 191 g/mol. The molecule has 0 spiro atoms. The zero-order valence-corrected chi connectivity index (χ0v) is 7.83. The van der Waals surface area contributed by atoms with Crippen LogP contribution in [0.25, 0.3) is 17.2 Å². The number of oxazole rings is 1. The van der Waals surface area contributed by atoms with Crippen molar-refractivity contribution in [2.45, 2.75) is 13.3 Å². The van der Waals surface area contributed by atoms with Gasteiger partial charge in [-0.2, -0.15) is 0 Å². The summed E-state index contributed by atoms with van der Waals surface area (Å²) in [6.45, 7) is 2.01. The van der Waals surface area contributed by atoms with Gasteiger partial charge in [-0.25, -0.2) is 9.37 Å². The summed E-state index contributed by atoms with van der Waals surface area (Å²) >= 11 is 0. The summed E-state index contributed by atoms with van der Waals surface area (Å²) in [5, 5.41) is 0. The highest BCUT2D eigenvalue weighted by Crippen LogP contribution is 2.18. The monoisotopic (exact) mass is 191 g/mol. The Balaban J connectivity index is 2.51. The largest absolute Gasteiger partial charge is 0.437 e. The Labute approximate surface area is 81.1 Å². The fraction of sp³-hybridized carbons (Fsp3) is 0.182. The molecule has 0 fully saturated rings. The Morgan fingerprint density at radius 3 is 3.07 bits per heavy atom. The second-order valence-electron chi connectivity index (χ2n) is 2.95. The fourth-order valence-electron chi connectivity index (χ4n) is 1.22. The molecule has 0 aliphatic rings. The number of rotatable bonds is 2. The van der Waals surface area contributed by atoms with Crippen molar-refractivity contribution in [3.8, 4) is 0 Å². The van der Waals surface area contributed by atoms with Crippen molar-refractivity contribution in [3.05, 3.63) is 36.0 Å². The average Bonchev–Trinajstić information content (AvgIpc) is 2.59. The SMILES string of the molecule is CC/C=C/c1nc2c(F)cccc2o1. The summed E-state index contributed by atoms with van der Waals surface area (Å²) in [7, 11) is 0. The molecule has 2 nitrogen and oxygen atoms in total. The first kappa shape index (κ1) is 8.94. The molecule has 0 radical (unpaired) electrons. The third kappa shape index (κ3) is 1.53. The van der Waals surface area contributed by atoms with Crippen LogP contribution in [0.2, 0.25) is 0 Å². The lowest BCUT2D eigenvalue weighted by atomic mass is 10.3. The number of aromatic nitrogens is 1. The molecule has 14 heavy (non-hydrogen) atoms. The molecule has 0 amide bonds. The van der Waals surface area contributed by atoms with Crippen molar-refractivity contribution >= 4 is 17.2 Å². The number of fused-ring (bicyclic) bond motifs is 1. The molecular weight excluding hydrogens is 181 g/mol. The Bertz CT molecular complexity index is 473. The normalized spacial score (nSPS) is 11.6. The smallest absolute Gasteiger partial charge is 0.219 e. The van der Waals surface area contributed by atoms with Gasteiger partial charge in [-0.05, 0) is 24.6 Å². The molecule has 1 aromatic heterocycles. The van der Waals surface area contributed by atoms with Crippen molar-refractivity contribution in [1.82, 2.24) is 4.98 Å². The van der Waals surface area contributed by atoms with Gasteiger partial charge < -0.3 is 4.42 Å². The Morgan fingerprint density at radius 2 is 2.36 bits per heavy atom. The van der Waals surface area contributed by atoms with E-state index in [4.69, 9.17) is 4.42 Å². The van der Waals surface area contributed by atoms with Crippen LogP contribution >= 0.6 is 0 Å². The van der Waals surface area contributed by atoms with Crippen LogP contribution in [0.15, 0.2) is 28.7 Å². The third-order valence-corrected chi connectivity index (χ3v) is 1.88. The van der Waals surface area contributed by atoms with Crippen LogP contribution in [0, 0.1) is 5.82 Å². The zero-order chi connectivity index (χ0) is 9.97. The summed E-state index contributed by atoms with van der Waals surface area (Å²) in [4.78, 5) is 4.02. The van der Waals surface area contributed by atoms with Crippen LogP contribution in [-0.4, -0.2) is 4.98 Å². The maximum absolute atomic E-state index is 13.2. The summed E-state index contributed by atoms with van der Waals surface area (Å²) in [6, 6.07) is 4.68. The van der Waals surface area contributed by atoms with E-state index in [1.165, 1.54) is 6.07 Å². The molecule has 0 saturated heterocycles. The minimum Gasteiger partial charge on any atom is -0.437 e. The van der Waals surface area contributed by atoms with Crippen LogP contribution in [0.5, 0.6) is 0 Å². The van der Waals surface area contributed by atoms with Crippen molar-refractivity contribution in [2.75, 3.05) is 0 Å². The van der Waals surface area contributed by atoms with E-state index in [2.05, 4.69) is 4.98 Å². The van der Waals surface area contributed by atoms with Gasteiger partial charge in [0.15, 0.2) is 11.4 Å². The summed E-state index contributed by atoms with van der Waals surface area (Å²) in [5.41, 5.74) is 0.781. The first-order valence-corrected chi connectivity index (χ1v) is 4.53. The van der Waals surface area contributed by atoms with Crippen molar-refractivity contribution < 1.29 is 8.81 Å². The summed E-state index contributed by atoms with van der Waals surface area (Å²) < 4.78 is 18.5. The number of allylic oxidation sites excluding steroid dienone is 1. The number of para-hydroxylation sites is 1. The van der Waals surface area contributed by atoms with E-state index in [-0.39, 0.29) is 5.82 Å². The summed E-state index contributed by atoms with van der Waals surface area (Å²) in [5.74, 6) is 0.106. The summed E-state index contributed by atoms with van der Waals surface area (Å²) in [6.07, 6.45) is 4.57. The van der Waals surface area contributed by atoms with Gasteiger partial charge in [-0.3, -0.25) is 0 Å². The van der Waals surface area contributed by atoms with Crippen molar-refractivity contribution in [2.24, 2.45) is 0 Å². The predicted octanol–water partition coefficient (Wildman–Crippen LogP) is 3.39. The standard InChI is InChI=1S/C11H10FNO/c1-2-3-7-10-13-11-8(12)5-4-6-9(11)14-10/h3-7H,2H2,1H3/b7-3+. The minimum atomic E-state index is -0.345. The van der Waals surface area contributed by atoms with Gasteiger partial charge >= 0.3 is 0 Å². The van der Waals surface area contributed by atoms with Gasteiger partial charge in [-0.1, -0.05) is 19.1 Å². The third-order valence-electron chi connectivity index (χ3n) is 1.88. The quantitative estimate of drug-likeness (QED) is 0.727. The molecule has 0 atom stereocenters. The second kappa shape index (κ2) is 3.62. The Kier molecular flexibility index (Phi) is 2.31. The van der Waals surface area contributed by atoms with Gasteiger partial charge in [0.2, 0.25) is 5.89 Å². The molecule has 0 unspecified atom stereocenters. The van der Waals surface area contributed by atoms with E-state index in [0.717, 1.165) is 6.42 Å². The zero-order valence-electron chi connectivity index (χ0n) is 7.83. The van der Waals surface area contributed by atoms with E-state index in [1.807, 2.05) is 13.0 Å². The van der Waals surface area contributed by atoms with Gasteiger partial charge in [-0.15, -0.1) is 0 Å². The van der Waals surface area contributed by atoms with Crippen LogP contribution in [0.1, 0.15) is 19.2 Å². The first-order valence-electron chi connectivity index (χ1n) is 4.53. The van der Waals surface area contributed by atoms with Gasteiger partial charge in [0.1, 0.15) is 5.52 Å². The lowest BCUT2D eigenvalue weighted by Crippen LogP contribution is -1.75. The molecule has 0 N–H and O–H groups in total. The maximum Gasteiger partial charge on any atom is 0.219 e. The van der Waals surface area contributed by atoms with Crippen molar-refractivity contribution in [3.63, 3.8) is 0 Å². The van der Waals surface area contributed by atoms with Crippen LogP contribution < -0.4 is 0 Å². The minimum absolute atomic E-state index is 0.295. The molecule has 3 heteroatoms. The van der Waals surface area contributed by atoms with E-state index in [1.54, 1.807) is 18.2 Å². The number of hydrogen-bond donors (Lipinski definition) is 0. The molecule has 0 aliphatic carbocycles. The Morgan fingerprint density at radius 1 is 1.50 bits per heavy atom. The second-order valence-corrected chi connectivity index (χ2v) is 2.95. The maximum atomic E-state index is 13.2. The highest BCUT2D eigenvalue weighted by Gasteiger charge is 2.06. The highest BCUT2D eigenvalue weighted by molar-refractivity contribution is 5.74. The molecule has 1 heterocycles. The topological polar surface area (TPSA) is 26.0 Å². The number of halogens is 1. The molecule has 2 rings (SSSR count). The van der Waals surface area contributed by atoms with Gasteiger partial charge in [0.05, 0.1) is 0 Å². The van der Waals surface area contributed by atoms with E-state index >= 15 is 0 Å². The molecule has 1 aromatic carbocycles. The van der Waals surface area contributed by atoms with Crippen LogP contribution in [0.4, 0.5) is 4.39 Å². The molecule has 0 bridgehead atoms.